The maximum Gasteiger partial charge on any atom is 0.203 e. The predicted molar refractivity (Wildman–Crippen MR) is 126 cm³/mol. The first-order valence-corrected chi connectivity index (χ1v) is 14.7. The molecule has 5 heterocycles. The summed E-state index contributed by atoms with van der Waals surface area (Å²) in [6.45, 7) is 11.5. The lowest BCUT2D eigenvalue weighted by molar-refractivity contribution is -0.227. The van der Waals surface area contributed by atoms with Gasteiger partial charge in [-0.15, -0.1) is 0 Å². The molecule has 0 aliphatic carbocycles. The molecule has 5 rings (SSSR count). The maximum atomic E-state index is 14.1. The molecule has 10 atom stereocenters. The third-order valence-corrected chi connectivity index (χ3v) is 10.1. The Morgan fingerprint density at radius 2 is 1.47 bits per heavy atom. The Labute approximate surface area is 213 Å². The normalized spacial score (nSPS) is 46.1. The summed E-state index contributed by atoms with van der Waals surface area (Å²) in [6, 6.07) is 0. The SMILES string of the molecule is CO[C@@H]1O[C@H](CCP(=O)(C[C@H]2[C@H]3OC(C)(C)O[C@H]3O[C@@H]2[C@H]2COC(C)(C)O2)OC)[C@H]2OC(C)(C)O[C@@H]12. The van der Waals surface area contributed by atoms with Gasteiger partial charge in [-0.3, -0.25) is 4.57 Å². The summed E-state index contributed by atoms with van der Waals surface area (Å²) in [5.74, 6) is -2.50. The second kappa shape index (κ2) is 9.48. The third-order valence-electron chi connectivity index (χ3n) is 7.54. The van der Waals surface area contributed by atoms with Gasteiger partial charge in [0.2, 0.25) is 7.37 Å². The van der Waals surface area contributed by atoms with E-state index in [0.717, 1.165) is 0 Å². The van der Waals surface area contributed by atoms with Crippen molar-refractivity contribution in [2.45, 2.75) is 115 Å². The Balaban J connectivity index is 1.29. The topological polar surface area (TPSA) is 109 Å². The van der Waals surface area contributed by atoms with E-state index in [4.69, 9.17) is 47.2 Å². The van der Waals surface area contributed by atoms with E-state index in [0.29, 0.717) is 19.2 Å². The molecule has 0 amide bonds. The highest BCUT2D eigenvalue weighted by Crippen LogP contribution is 2.55. The molecule has 0 saturated carbocycles. The largest absolute Gasteiger partial charge is 0.353 e. The van der Waals surface area contributed by atoms with E-state index in [2.05, 4.69) is 0 Å². The summed E-state index contributed by atoms with van der Waals surface area (Å²) >= 11 is 0. The van der Waals surface area contributed by atoms with Crippen LogP contribution in [-0.4, -0.2) is 99.7 Å². The molecule has 36 heavy (non-hydrogen) atoms. The van der Waals surface area contributed by atoms with Crippen LogP contribution in [0.3, 0.4) is 0 Å². The Morgan fingerprint density at radius 3 is 2.11 bits per heavy atom. The van der Waals surface area contributed by atoms with E-state index in [-0.39, 0.29) is 36.5 Å². The van der Waals surface area contributed by atoms with Crippen LogP contribution in [0, 0.1) is 5.92 Å². The summed E-state index contributed by atoms with van der Waals surface area (Å²) in [4.78, 5) is 0. The molecule has 5 saturated heterocycles. The van der Waals surface area contributed by atoms with Gasteiger partial charge >= 0.3 is 0 Å². The van der Waals surface area contributed by atoms with E-state index < -0.39 is 49.5 Å². The van der Waals surface area contributed by atoms with Gasteiger partial charge in [0.05, 0.1) is 18.8 Å². The fourth-order valence-corrected chi connectivity index (χ4v) is 8.23. The van der Waals surface area contributed by atoms with Crippen molar-refractivity contribution >= 4 is 7.37 Å². The average Bonchev–Trinajstić information content (AvgIpc) is 3.53. The molecule has 12 heteroatoms. The lowest BCUT2D eigenvalue weighted by Gasteiger charge is -2.31. The molecular formula is C24H41O11P. The summed E-state index contributed by atoms with van der Waals surface area (Å²) in [5, 5.41) is 0. The van der Waals surface area contributed by atoms with Crippen molar-refractivity contribution < 1.29 is 51.7 Å². The quantitative estimate of drug-likeness (QED) is 0.427. The van der Waals surface area contributed by atoms with Gasteiger partial charge in [0, 0.05) is 32.5 Å². The molecule has 5 aliphatic rings. The first-order chi connectivity index (χ1) is 16.7. The monoisotopic (exact) mass is 536 g/mol. The van der Waals surface area contributed by atoms with Gasteiger partial charge in [-0.05, 0) is 48.0 Å². The number of rotatable bonds is 8. The van der Waals surface area contributed by atoms with Crippen molar-refractivity contribution in [2.75, 3.05) is 33.2 Å². The Hall–Kier alpha value is -0.170. The average molecular weight is 537 g/mol. The third kappa shape index (κ3) is 5.31. The number of hydrogen-bond acceptors (Lipinski definition) is 11. The molecule has 5 aliphatic heterocycles. The van der Waals surface area contributed by atoms with E-state index in [1.54, 1.807) is 7.11 Å². The molecule has 0 radical (unpaired) electrons. The number of hydrogen-bond donors (Lipinski definition) is 0. The number of ether oxygens (including phenoxy) is 9. The Bertz CT molecular complexity index is 863. The molecule has 0 aromatic heterocycles. The highest BCUT2D eigenvalue weighted by Gasteiger charge is 2.60. The van der Waals surface area contributed by atoms with Crippen LogP contribution in [0.2, 0.25) is 0 Å². The standard InChI is InChI=1S/C24H41O11P/c1-22(2)28-11-15(31-22)16-13(17-21(30-16)35-24(5,6)32-17)12-36(25,27-8)10-9-14-18-19(20(26-7)29-14)34-23(3,4)33-18/h13-21H,9-12H2,1-8H3/t13-,14-,15-,16+,17-,18-,19-,20-,21-,36?/m1/s1. The van der Waals surface area contributed by atoms with Crippen molar-refractivity contribution in [2.24, 2.45) is 5.92 Å². The summed E-state index contributed by atoms with van der Waals surface area (Å²) in [6.07, 6.45) is -2.17. The molecule has 5 fully saturated rings. The lowest BCUT2D eigenvalue weighted by atomic mass is 9.97. The van der Waals surface area contributed by atoms with Crippen molar-refractivity contribution in [1.82, 2.24) is 0 Å². The van der Waals surface area contributed by atoms with Crippen LogP contribution in [0.15, 0.2) is 0 Å². The van der Waals surface area contributed by atoms with E-state index >= 15 is 0 Å². The van der Waals surface area contributed by atoms with Crippen LogP contribution in [0.1, 0.15) is 48.0 Å². The van der Waals surface area contributed by atoms with E-state index in [1.807, 2.05) is 41.5 Å². The maximum absolute atomic E-state index is 14.1. The van der Waals surface area contributed by atoms with Gasteiger partial charge in [0.25, 0.3) is 0 Å². The highest BCUT2D eigenvalue weighted by atomic mass is 31.2. The number of methoxy groups -OCH3 is 1. The smallest absolute Gasteiger partial charge is 0.203 e. The summed E-state index contributed by atoms with van der Waals surface area (Å²) in [5.41, 5.74) is 0. The minimum atomic E-state index is -3.13. The minimum Gasteiger partial charge on any atom is -0.353 e. The first-order valence-electron chi connectivity index (χ1n) is 12.7. The highest BCUT2D eigenvalue weighted by molar-refractivity contribution is 7.58. The van der Waals surface area contributed by atoms with Gasteiger partial charge in [-0.25, -0.2) is 0 Å². The molecular weight excluding hydrogens is 495 g/mol. The van der Waals surface area contributed by atoms with Crippen LogP contribution in [-0.2, 0) is 51.7 Å². The molecule has 0 aromatic carbocycles. The van der Waals surface area contributed by atoms with E-state index in [1.165, 1.54) is 7.11 Å². The zero-order valence-corrected chi connectivity index (χ0v) is 23.4. The summed E-state index contributed by atoms with van der Waals surface area (Å²) in [7, 11) is -0.0567. The van der Waals surface area contributed by atoms with Crippen molar-refractivity contribution in [3.63, 3.8) is 0 Å². The molecule has 0 spiro atoms. The van der Waals surface area contributed by atoms with Crippen LogP contribution in [0.5, 0.6) is 0 Å². The number of fused-ring (bicyclic) bond motifs is 2. The molecule has 1 unspecified atom stereocenters. The van der Waals surface area contributed by atoms with Gasteiger partial charge in [0.15, 0.2) is 29.9 Å². The van der Waals surface area contributed by atoms with Crippen LogP contribution in [0.25, 0.3) is 0 Å². The second-order valence-corrected chi connectivity index (χ2v) is 14.4. The summed E-state index contributed by atoms with van der Waals surface area (Å²) < 4.78 is 73.7. The Kier molecular flexibility index (Phi) is 7.22. The Morgan fingerprint density at radius 1 is 0.806 bits per heavy atom. The van der Waals surface area contributed by atoms with Crippen molar-refractivity contribution in [3.8, 4) is 0 Å². The molecule has 0 bridgehead atoms. The van der Waals surface area contributed by atoms with Gasteiger partial charge in [-0.1, -0.05) is 0 Å². The van der Waals surface area contributed by atoms with E-state index in [9.17, 15) is 4.57 Å². The zero-order chi connectivity index (χ0) is 26.1. The van der Waals surface area contributed by atoms with Crippen molar-refractivity contribution in [3.05, 3.63) is 0 Å². The minimum absolute atomic E-state index is 0.256. The molecule has 208 valence electrons. The van der Waals surface area contributed by atoms with Crippen molar-refractivity contribution in [1.29, 1.82) is 0 Å². The van der Waals surface area contributed by atoms with Gasteiger partial charge < -0.3 is 47.2 Å². The zero-order valence-electron chi connectivity index (χ0n) is 22.5. The van der Waals surface area contributed by atoms with Crippen LogP contribution >= 0.6 is 7.37 Å². The van der Waals surface area contributed by atoms with Crippen LogP contribution < -0.4 is 0 Å². The molecule has 0 N–H and O–H groups in total. The second-order valence-electron chi connectivity index (χ2n) is 11.6. The van der Waals surface area contributed by atoms with Gasteiger partial charge in [0.1, 0.15) is 24.4 Å². The fraction of sp³-hybridized carbons (Fsp3) is 1.00. The molecule has 0 aromatic rings. The molecule has 11 nitrogen and oxygen atoms in total. The lowest BCUT2D eigenvalue weighted by Crippen LogP contribution is -2.41. The fourth-order valence-electron chi connectivity index (χ4n) is 6.01. The van der Waals surface area contributed by atoms with Crippen LogP contribution in [0.4, 0.5) is 0 Å². The predicted octanol–water partition coefficient (Wildman–Crippen LogP) is 2.84. The van der Waals surface area contributed by atoms with Gasteiger partial charge in [-0.2, -0.15) is 0 Å². The first kappa shape index (κ1) is 27.4.